The molecular weight excluding hydrogens is 151 g/mol. The van der Waals surface area contributed by atoms with Crippen LogP contribution in [0, 0.1) is 0 Å². The number of benzene rings is 1. The molecule has 0 amide bonds. The Morgan fingerprint density at radius 1 is 1.58 bits per heavy atom. The van der Waals surface area contributed by atoms with Crippen molar-refractivity contribution in [3.8, 4) is 0 Å². The lowest BCUT2D eigenvalue weighted by molar-refractivity contribution is 0.446. The molecule has 63 valence electrons. The second-order valence-corrected chi connectivity index (χ2v) is 2.40. The zero-order valence-corrected chi connectivity index (χ0v) is 7.08. The van der Waals surface area contributed by atoms with Crippen molar-refractivity contribution in [1.82, 2.24) is 0 Å². The van der Waals surface area contributed by atoms with Gasteiger partial charge in [-0.15, -0.1) is 0 Å². The maximum atomic E-state index is 5.48. The average Bonchev–Trinajstić information content (AvgIpc) is 2.15. The van der Waals surface area contributed by atoms with Gasteiger partial charge in [-0.1, -0.05) is 12.1 Å². The Morgan fingerprint density at radius 2 is 2.42 bits per heavy atom. The number of hydrogen-bond acceptors (Lipinski definition) is 3. The minimum Gasteiger partial charge on any atom is -0.422 e. The van der Waals surface area contributed by atoms with Crippen molar-refractivity contribution in [2.45, 2.75) is 6.54 Å². The monoisotopic (exact) mass is 163 g/mol. The smallest absolute Gasteiger partial charge is 0.422 e. The first kappa shape index (κ1) is 9.10. The molecule has 4 heteroatoms. The van der Waals surface area contributed by atoms with Gasteiger partial charge in [-0.3, -0.25) is 0 Å². The number of anilines is 1. The van der Waals surface area contributed by atoms with Crippen LogP contribution in [0.3, 0.4) is 0 Å². The lowest BCUT2D eigenvalue weighted by Gasteiger charge is -2.04. The summed E-state index contributed by atoms with van der Waals surface area (Å²) in [6.45, 7) is 0.558. The van der Waals surface area contributed by atoms with E-state index in [1.54, 1.807) is 7.11 Å². The van der Waals surface area contributed by atoms with E-state index in [1.165, 1.54) is 7.62 Å². The minimum absolute atomic E-state index is 0.558. The lowest BCUT2D eigenvalue weighted by atomic mass is 10.1. The Hall–Kier alpha value is -0.995. The van der Waals surface area contributed by atoms with Crippen LogP contribution in [0.5, 0.6) is 0 Å². The van der Waals surface area contributed by atoms with Crippen LogP contribution in [0.15, 0.2) is 24.3 Å². The Balaban J connectivity index is 2.60. The highest BCUT2D eigenvalue weighted by Gasteiger charge is 1.93. The molecule has 0 saturated carbocycles. The number of nitrogens with two attached hydrogens (primary N) is 1. The first-order chi connectivity index (χ1) is 5.86. The molecule has 0 aliphatic heterocycles. The SMILES string of the molecule is CO[B]Nc1cccc(CN)c1. The molecule has 0 unspecified atom stereocenters. The molecule has 0 saturated heterocycles. The highest BCUT2D eigenvalue weighted by atomic mass is 16.4. The van der Waals surface area contributed by atoms with E-state index in [4.69, 9.17) is 10.4 Å². The summed E-state index contributed by atoms with van der Waals surface area (Å²) in [6.07, 6.45) is 0. The standard InChI is InChI=1S/C8H12BN2O/c1-12-9-11-8-4-2-3-7(5-8)6-10/h2-5,11H,6,10H2,1H3. The summed E-state index contributed by atoms with van der Waals surface area (Å²) in [4.78, 5) is 0. The molecule has 0 heterocycles. The van der Waals surface area contributed by atoms with Crippen molar-refractivity contribution in [3.05, 3.63) is 29.8 Å². The van der Waals surface area contributed by atoms with Gasteiger partial charge in [-0.25, -0.2) is 0 Å². The summed E-state index contributed by atoms with van der Waals surface area (Å²) in [5, 5.41) is 2.97. The zero-order valence-electron chi connectivity index (χ0n) is 7.08. The summed E-state index contributed by atoms with van der Waals surface area (Å²) >= 11 is 0. The molecule has 0 bridgehead atoms. The van der Waals surface area contributed by atoms with Crippen molar-refractivity contribution in [1.29, 1.82) is 0 Å². The second-order valence-electron chi connectivity index (χ2n) is 2.40. The third-order valence-electron chi connectivity index (χ3n) is 1.51. The first-order valence-electron chi connectivity index (χ1n) is 3.77. The van der Waals surface area contributed by atoms with Crippen LogP contribution in [0.2, 0.25) is 0 Å². The fourth-order valence-corrected chi connectivity index (χ4v) is 0.915. The summed E-state index contributed by atoms with van der Waals surface area (Å²) in [5.41, 5.74) is 7.57. The van der Waals surface area contributed by atoms with Gasteiger partial charge in [0.15, 0.2) is 0 Å². The van der Waals surface area contributed by atoms with Crippen LogP contribution in [0.25, 0.3) is 0 Å². The first-order valence-corrected chi connectivity index (χ1v) is 3.77. The summed E-state index contributed by atoms with van der Waals surface area (Å²) in [6, 6.07) is 7.87. The maximum absolute atomic E-state index is 5.48. The number of rotatable bonds is 4. The van der Waals surface area contributed by atoms with Gasteiger partial charge in [0.25, 0.3) is 0 Å². The molecule has 1 aromatic carbocycles. The molecule has 1 aromatic rings. The van der Waals surface area contributed by atoms with Crippen molar-refractivity contribution in [2.75, 3.05) is 12.3 Å². The molecule has 12 heavy (non-hydrogen) atoms. The Labute approximate surface area is 73.2 Å². The molecule has 0 atom stereocenters. The third kappa shape index (κ3) is 2.56. The van der Waals surface area contributed by atoms with E-state index in [-0.39, 0.29) is 0 Å². The highest BCUT2D eigenvalue weighted by molar-refractivity contribution is 6.32. The zero-order chi connectivity index (χ0) is 8.81. The van der Waals surface area contributed by atoms with Gasteiger partial charge in [0.1, 0.15) is 0 Å². The normalized spacial score (nSPS) is 9.50. The molecule has 1 rings (SSSR count). The van der Waals surface area contributed by atoms with Gasteiger partial charge in [0, 0.05) is 19.3 Å². The van der Waals surface area contributed by atoms with Crippen LogP contribution in [-0.4, -0.2) is 14.7 Å². The van der Waals surface area contributed by atoms with Gasteiger partial charge in [0.2, 0.25) is 0 Å². The maximum Gasteiger partial charge on any atom is 0.435 e. The number of hydrogen-bond donors (Lipinski definition) is 2. The van der Waals surface area contributed by atoms with Gasteiger partial charge < -0.3 is 15.6 Å². The second kappa shape index (κ2) is 4.80. The summed E-state index contributed by atoms with van der Waals surface area (Å²) in [5.74, 6) is 0. The van der Waals surface area contributed by atoms with Gasteiger partial charge in [0.05, 0.1) is 0 Å². The molecule has 0 aliphatic carbocycles. The van der Waals surface area contributed by atoms with E-state index in [9.17, 15) is 0 Å². The molecule has 0 aliphatic rings. The van der Waals surface area contributed by atoms with E-state index in [2.05, 4.69) is 5.23 Å². The van der Waals surface area contributed by atoms with Gasteiger partial charge >= 0.3 is 7.62 Å². The van der Waals surface area contributed by atoms with Crippen LogP contribution < -0.4 is 11.0 Å². The fourth-order valence-electron chi connectivity index (χ4n) is 0.915. The van der Waals surface area contributed by atoms with Crippen molar-refractivity contribution >= 4 is 13.3 Å². The predicted molar refractivity (Wildman–Crippen MR) is 50.7 cm³/mol. The predicted octanol–water partition coefficient (Wildman–Crippen LogP) is 0.738. The summed E-state index contributed by atoms with van der Waals surface area (Å²) in [7, 11) is 3.12. The Kier molecular flexibility index (Phi) is 3.64. The Morgan fingerprint density at radius 3 is 3.08 bits per heavy atom. The topological polar surface area (TPSA) is 47.3 Å². The molecule has 0 fully saturated rings. The highest BCUT2D eigenvalue weighted by Crippen LogP contribution is 2.08. The molecule has 0 aromatic heterocycles. The van der Waals surface area contributed by atoms with E-state index in [0.717, 1.165) is 11.3 Å². The van der Waals surface area contributed by atoms with Crippen LogP contribution in [-0.2, 0) is 11.2 Å². The fraction of sp³-hybridized carbons (Fsp3) is 0.250. The molecule has 3 N–H and O–H groups in total. The lowest BCUT2D eigenvalue weighted by Crippen LogP contribution is -2.08. The van der Waals surface area contributed by atoms with Crippen molar-refractivity contribution in [2.24, 2.45) is 5.73 Å². The largest absolute Gasteiger partial charge is 0.435 e. The van der Waals surface area contributed by atoms with Crippen molar-refractivity contribution < 1.29 is 4.65 Å². The molecular formula is C8H12BN2O. The van der Waals surface area contributed by atoms with Crippen LogP contribution in [0.1, 0.15) is 5.56 Å². The molecule has 3 nitrogen and oxygen atoms in total. The van der Waals surface area contributed by atoms with Crippen LogP contribution >= 0.6 is 0 Å². The van der Waals surface area contributed by atoms with Crippen LogP contribution in [0.4, 0.5) is 5.69 Å². The van der Waals surface area contributed by atoms with Gasteiger partial charge in [-0.05, 0) is 17.7 Å². The van der Waals surface area contributed by atoms with Crippen molar-refractivity contribution in [3.63, 3.8) is 0 Å². The van der Waals surface area contributed by atoms with E-state index >= 15 is 0 Å². The average molecular weight is 163 g/mol. The van der Waals surface area contributed by atoms with E-state index in [1.807, 2.05) is 24.3 Å². The summed E-state index contributed by atoms with van der Waals surface area (Å²) < 4.78 is 4.75. The van der Waals surface area contributed by atoms with Gasteiger partial charge in [-0.2, -0.15) is 0 Å². The molecule has 1 radical (unpaired) electrons. The van der Waals surface area contributed by atoms with E-state index in [0.29, 0.717) is 6.54 Å². The quantitative estimate of drug-likeness (QED) is 0.643. The Bertz CT molecular complexity index is 242. The molecule has 0 spiro atoms. The minimum atomic E-state index is 0.558. The number of nitrogens with one attached hydrogen (secondary N) is 1. The third-order valence-corrected chi connectivity index (χ3v) is 1.51. The van der Waals surface area contributed by atoms with E-state index < -0.39 is 0 Å².